The van der Waals surface area contributed by atoms with E-state index in [1.165, 1.54) is 22.5 Å². The van der Waals surface area contributed by atoms with Crippen LogP contribution < -0.4 is 5.32 Å². The number of anilines is 1. The van der Waals surface area contributed by atoms with Crippen molar-refractivity contribution >= 4 is 33.1 Å². The number of benzene rings is 2. The molecule has 1 aliphatic rings. The van der Waals surface area contributed by atoms with E-state index in [0.29, 0.717) is 36.7 Å². The van der Waals surface area contributed by atoms with Crippen LogP contribution >= 0.6 is 0 Å². The van der Waals surface area contributed by atoms with Crippen molar-refractivity contribution < 1.29 is 18.1 Å². The van der Waals surface area contributed by atoms with Gasteiger partial charge >= 0.3 is 0 Å². The summed E-state index contributed by atoms with van der Waals surface area (Å²) >= 11 is 0. The molecule has 0 fully saturated rings. The molecule has 14 heteroatoms. The van der Waals surface area contributed by atoms with Crippen LogP contribution in [0.1, 0.15) is 12.0 Å². The molecule has 0 aliphatic carbocycles. The van der Waals surface area contributed by atoms with Gasteiger partial charge in [-0.05, 0) is 43.4 Å². The third kappa shape index (κ3) is 6.40. The first-order valence-electron chi connectivity index (χ1n) is 13.5. The number of carbonyl (C=O) groups is 1. The van der Waals surface area contributed by atoms with Crippen molar-refractivity contribution in [2.45, 2.75) is 17.9 Å². The summed E-state index contributed by atoms with van der Waals surface area (Å²) in [5.41, 5.74) is 2.61. The predicted octanol–water partition coefficient (Wildman–Crippen LogP) is 2.70. The fraction of sp³-hybridized carbons (Fsp3) is 0.321. The van der Waals surface area contributed by atoms with Crippen LogP contribution in [0.4, 0.5) is 11.5 Å². The van der Waals surface area contributed by atoms with Crippen LogP contribution in [0.2, 0.25) is 0 Å². The lowest BCUT2D eigenvalue weighted by Crippen LogP contribution is -2.43. The third-order valence-corrected chi connectivity index (χ3v) is 8.91. The Balaban J connectivity index is 1.56. The average Bonchev–Trinajstić information content (AvgIpc) is 3.40. The number of nitrogens with one attached hydrogen (secondary N) is 1. The molecule has 0 saturated carbocycles. The summed E-state index contributed by atoms with van der Waals surface area (Å²) in [4.78, 5) is 32.1. The predicted molar refractivity (Wildman–Crippen MR) is 157 cm³/mol. The van der Waals surface area contributed by atoms with E-state index < -0.39 is 14.9 Å². The lowest BCUT2D eigenvalue weighted by molar-refractivity contribution is -0.385. The molecule has 0 atom stereocenters. The van der Waals surface area contributed by atoms with E-state index in [0.717, 1.165) is 17.2 Å². The molecule has 1 N–H and O–H groups in total. The summed E-state index contributed by atoms with van der Waals surface area (Å²) in [6.45, 7) is 1.39. The molecule has 5 rings (SSSR count). The molecule has 0 radical (unpaired) electrons. The second kappa shape index (κ2) is 12.2. The van der Waals surface area contributed by atoms with Gasteiger partial charge in [-0.25, -0.2) is 17.9 Å². The molecule has 0 unspecified atom stereocenters. The number of hydrogen-bond acceptors (Lipinski definition) is 9. The van der Waals surface area contributed by atoms with Crippen LogP contribution in [0.5, 0.6) is 0 Å². The van der Waals surface area contributed by atoms with Crippen molar-refractivity contribution in [1.82, 2.24) is 28.7 Å². The molecule has 220 valence electrons. The maximum absolute atomic E-state index is 13.9. The summed E-state index contributed by atoms with van der Waals surface area (Å²) in [5, 5.41) is 19.1. The molecule has 42 heavy (non-hydrogen) atoms. The van der Waals surface area contributed by atoms with Crippen LogP contribution in [-0.4, -0.2) is 94.8 Å². The van der Waals surface area contributed by atoms with Crippen LogP contribution in [0.15, 0.2) is 71.9 Å². The molecule has 4 bridgehead atoms. The van der Waals surface area contributed by atoms with Gasteiger partial charge in [0, 0.05) is 69.6 Å². The first-order chi connectivity index (χ1) is 20.1. The summed E-state index contributed by atoms with van der Waals surface area (Å²) in [5.74, 6) is 0.525. The van der Waals surface area contributed by atoms with Gasteiger partial charge < -0.3 is 15.1 Å². The normalized spacial score (nSPS) is 14.9. The molecule has 4 aromatic rings. The summed E-state index contributed by atoms with van der Waals surface area (Å²) in [6, 6.07) is 14.3. The van der Waals surface area contributed by atoms with Gasteiger partial charge in [0.25, 0.3) is 5.69 Å². The number of nitrogens with zero attached hydrogens (tertiary/aromatic N) is 7. The Hall–Kier alpha value is -4.40. The van der Waals surface area contributed by atoms with Gasteiger partial charge in [-0.15, -0.1) is 0 Å². The highest BCUT2D eigenvalue weighted by atomic mass is 32.2. The van der Waals surface area contributed by atoms with Gasteiger partial charge in [-0.2, -0.15) is 9.40 Å². The van der Waals surface area contributed by atoms with Crippen molar-refractivity contribution in [3.05, 3.63) is 82.7 Å². The number of aromatic nitrogens is 3. The molecule has 2 aromatic heterocycles. The zero-order valence-electron chi connectivity index (χ0n) is 23.4. The quantitative estimate of drug-likeness (QED) is 0.264. The first-order valence-corrected chi connectivity index (χ1v) is 14.9. The molecule has 13 nitrogen and oxygen atoms in total. The number of carbonyl (C=O) groups excluding carboxylic acids is 1. The fourth-order valence-corrected chi connectivity index (χ4v) is 6.25. The minimum Gasteiger partial charge on any atom is -0.368 e. The van der Waals surface area contributed by atoms with Crippen molar-refractivity contribution in [2.24, 2.45) is 0 Å². The van der Waals surface area contributed by atoms with Crippen molar-refractivity contribution in [1.29, 1.82) is 0 Å². The second-order valence-electron chi connectivity index (χ2n) is 10.3. The van der Waals surface area contributed by atoms with Crippen LogP contribution in [0, 0.1) is 10.1 Å². The number of hydrogen-bond donors (Lipinski definition) is 1. The Morgan fingerprint density at radius 2 is 1.90 bits per heavy atom. The van der Waals surface area contributed by atoms with Gasteiger partial charge in [-0.3, -0.25) is 14.9 Å². The van der Waals surface area contributed by atoms with Gasteiger partial charge in [0.2, 0.25) is 15.9 Å². The van der Waals surface area contributed by atoms with E-state index in [2.05, 4.69) is 10.4 Å². The largest absolute Gasteiger partial charge is 0.368 e. The van der Waals surface area contributed by atoms with Crippen molar-refractivity contribution in [3.63, 3.8) is 0 Å². The fourth-order valence-electron chi connectivity index (χ4n) is 4.79. The summed E-state index contributed by atoms with van der Waals surface area (Å²) < 4.78 is 30.8. The van der Waals surface area contributed by atoms with Gasteiger partial charge in [0.15, 0.2) is 5.65 Å². The molecule has 3 heterocycles. The van der Waals surface area contributed by atoms with Gasteiger partial charge in [0.05, 0.1) is 16.0 Å². The first kappa shape index (κ1) is 29.1. The lowest BCUT2D eigenvalue weighted by atomic mass is 10.1. The zero-order valence-corrected chi connectivity index (χ0v) is 24.2. The smallest absolute Gasteiger partial charge is 0.270 e. The van der Waals surface area contributed by atoms with Gasteiger partial charge in [-0.1, -0.05) is 24.3 Å². The second-order valence-corrected chi connectivity index (χ2v) is 12.2. The Bertz CT molecular complexity index is 1720. The van der Waals surface area contributed by atoms with E-state index >= 15 is 0 Å². The SMILES string of the molecule is CN(C)CCC(=O)N1CCNc2ccn3ncc(c3n2)-c2cccc(c2)CN(S(=O)(=O)c2cccc([N+](=O)[O-])c2)CC1. The molecule has 1 amide bonds. The molecule has 2 aromatic carbocycles. The Labute approximate surface area is 243 Å². The molecular formula is C28H32N8O5S. The molecule has 0 spiro atoms. The van der Waals surface area contributed by atoms with E-state index in [4.69, 9.17) is 4.98 Å². The van der Waals surface area contributed by atoms with Gasteiger partial charge in [0.1, 0.15) is 5.82 Å². The number of non-ortho nitro benzene ring substituents is 1. The average molecular weight is 593 g/mol. The zero-order chi connectivity index (χ0) is 29.9. The topological polar surface area (TPSA) is 146 Å². The third-order valence-electron chi connectivity index (χ3n) is 7.06. The number of amides is 1. The highest BCUT2D eigenvalue weighted by Crippen LogP contribution is 2.27. The minimum absolute atomic E-state index is 0.00522. The standard InChI is InChI=1S/C28H32N8O5S/c1-32(2)12-10-27(37)33-14-11-29-26-9-13-35-28(31-26)25(19-30-35)22-6-3-5-21(17-22)20-34(16-15-33)42(40,41)24-8-4-7-23(18-24)36(38)39/h3-9,13,17-19H,10-12,14-16,20H2,1-2H3,(H,29,31). The number of rotatable bonds is 6. The van der Waals surface area contributed by atoms with Crippen LogP contribution in [0.25, 0.3) is 16.8 Å². The van der Waals surface area contributed by atoms with E-state index in [1.807, 2.05) is 55.5 Å². The molecule has 1 aliphatic heterocycles. The molecular weight excluding hydrogens is 560 g/mol. The molecule has 0 saturated heterocycles. The number of fused-ring (bicyclic) bond motifs is 4. The highest BCUT2D eigenvalue weighted by Gasteiger charge is 2.28. The van der Waals surface area contributed by atoms with E-state index in [9.17, 15) is 23.3 Å². The number of nitro benzene ring substituents is 1. The maximum atomic E-state index is 13.9. The summed E-state index contributed by atoms with van der Waals surface area (Å²) in [7, 11) is -0.406. The minimum atomic E-state index is -4.17. The van der Waals surface area contributed by atoms with E-state index in [-0.39, 0.29) is 42.5 Å². The summed E-state index contributed by atoms with van der Waals surface area (Å²) in [6.07, 6.45) is 3.80. The van der Waals surface area contributed by atoms with Crippen LogP contribution in [-0.2, 0) is 21.4 Å². The van der Waals surface area contributed by atoms with E-state index in [1.54, 1.807) is 15.6 Å². The number of nitro groups is 1. The lowest BCUT2D eigenvalue weighted by Gasteiger charge is -2.28. The Morgan fingerprint density at radius 1 is 1.10 bits per heavy atom. The van der Waals surface area contributed by atoms with Crippen molar-refractivity contribution in [2.75, 3.05) is 52.1 Å². The highest BCUT2D eigenvalue weighted by molar-refractivity contribution is 7.89. The number of sulfonamides is 1. The monoisotopic (exact) mass is 592 g/mol. The van der Waals surface area contributed by atoms with Crippen molar-refractivity contribution in [3.8, 4) is 11.1 Å². The maximum Gasteiger partial charge on any atom is 0.270 e. The Kier molecular flexibility index (Phi) is 8.47. The van der Waals surface area contributed by atoms with Crippen LogP contribution in [0.3, 0.4) is 0 Å². The Morgan fingerprint density at radius 3 is 2.69 bits per heavy atom.